The van der Waals surface area contributed by atoms with Crippen molar-refractivity contribution in [1.82, 2.24) is 9.78 Å². The molecule has 1 heterocycles. The number of aryl methyl sites for hydroxylation is 1. The minimum Gasteiger partial charge on any atom is -0.373 e. The highest BCUT2D eigenvalue weighted by Gasteiger charge is 2.13. The quantitative estimate of drug-likeness (QED) is 0.832. The van der Waals surface area contributed by atoms with Gasteiger partial charge in [0.15, 0.2) is 0 Å². The zero-order valence-electron chi connectivity index (χ0n) is 9.27. The topological polar surface area (TPSA) is 46.9 Å². The van der Waals surface area contributed by atoms with Crippen molar-refractivity contribution in [3.63, 3.8) is 0 Å². The maximum Gasteiger partial charge on any atom is 0.280 e. The fourth-order valence-electron chi connectivity index (χ4n) is 1.54. The maximum absolute atomic E-state index is 12.1. The van der Waals surface area contributed by atoms with Gasteiger partial charge in [0.25, 0.3) is 5.91 Å². The van der Waals surface area contributed by atoms with Crippen LogP contribution in [0.25, 0.3) is 0 Å². The van der Waals surface area contributed by atoms with Gasteiger partial charge in [0.1, 0.15) is 5.82 Å². The molecule has 0 bridgehead atoms. The molecule has 0 fully saturated rings. The van der Waals surface area contributed by atoms with Crippen LogP contribution in [0, 0.1) is 6.92 Å². The molecule has 0 amide bonds. The third-order valence-corrected chi connectivity index (χ3v) is 2.30. The van der Waals surface area contributed by atoms with E-state index in [2.05, 4.69) is 10.4 Å². The van der Waals surface area contributed by atoms with Crippen LogP contribution in [0.2, 0.25) is 0 Å². The molecule has 0 unspecified atom stereocenters. The minimum atomic E-state index is -0.127. The minimum absolute atomic E-state index is 0.127. The van der Waals surface area contributed by atoms with Crippen LogP contribution in [0.15, 0.2) is 36.4 Å². The van der Waals surface area contributed by atoms with E-state index >= 15 is 0 Å². The predicted molar refractivity (Wildman–Crippen MR) is 62.7 cm³/mol. The summed E-state index contributed by atoms with van der Waals surface area (Å²) >= 11 is 0. The molecule has 4 nitrogen and oxygen atoms in total. The summed E-state index contributed by atoms with van der Waals surface area (Å²) in [5.74, 6) is 0.574. The number of carbonyl (C=O) groups excluding carboxylic acids is 1. The SMILES string of the molecule is CNc1cc(C)nn1C(=O)c1ccccc1. The highest BCUT2D eigenvalue weighted by molar-refractivity contribution is 5.97. The Morgan fingerprint density at radius 2 is 2.00 bits per heavy atom. The molecule has 2 rings (SSSR count). The van der Waals surface area contributed by atoms with Gasteiger partial charge in [-0.2, -0.15) is 9.78 Å². The van der Waals surface area contributed by atoms with E-state index in [1.807, 2.05) is 31.2 Å². The van der Waals surface area contributed by atoms with Crippen LogP contribution in [0.3, 0.4) is 0 Å². The second-order valence-electron chi connectivity index (χ2n) is 3.50. The molecule has 0 atom stereocenters. The van der Waals surface area contributed by atoms with Gasteiger partial charge in [0.2, 0.25) is 0 Å². The van der Waals surface area contributed by atoms with E-state index in [1.54, 1.807) is 19.2 Å². The molecule has 0 aliphatic carbocycles. The molecule has 4 heteroatoms. The first-order chi connectivity index (χ1) is 7.72. The van der Waals surface area contributed by atoms with Crippen molar-refractivity contribution in [3.05, 3.63) is 47.7 Å². The Morgan fingerprint density at radius 3 is 2.62 bits per heavy atom. The molecule has 1 N–H and O–H groups in total. The number of benzene rings is 1. The van der Waals surface area contributed by atoms with Gasteiger partial charge in [-0.15, -0.1) is 0 Å². The zero-order valence-corrected chi connectivity index (χ0v) is 9.27. The van der Waals surface area contributed by atoms with Crippen molar-refractivity contribution in [1.29, 1.82) is 0 Å². The van der Waals surface area contributed by atoms with Crippen LogP contribution in [0.5, 0.6) is 0 Å². The van der Waals surface area contributed by atoms with Gasteiger partial charge in [-0.25, -0.2) is 0 Å². The van der Waals surface area contributed by atoms with Gasteiger partial charge < -0.3 is 5.32 Å². The van der Waals surface area contributed by atoms with Crippen LogP contribution in [0.1, 0.15) is 16.1 Å². The molecule has 1 aromatic carbocycles. The van der Waals surface area contributed by atoms with Crippen molar-refractivity contribution in [2.24, 2.45) is 0 Å². The van der Waals surface area contributed by atoms with E-state index < -0.39 is 0 Å². The summed E-state index contributed by atoms with van der Waals surface area (Å²) in [6.07, 6.45) is 0. The summed E-state index contributed by atoms with van der Waals surface area (Å²) in [7, 11) is 1.77. The van der Waals surface area contributed by atoms with Gasteiger partial charge in [-0.1, -0.05) is 18.2 Å². The van der Waals surface area contributed by atoms with Gasteiger partial charge in [0.05, 0.1) is 5.69 Å². The normalized spacial score (nSPS) is 10.1. The third-order valence-electron chi connectivity index (χ3n) is 2.30. The highest BCUT2D eigenvalue weighted by atomic mass is 16.2. The lowest BCUT2D eigenvalue weighted by Crippen LogP contribution is -2.15. The summed E-state index contributed by atoms with van der Waals surface area (Å²) in [6.45, 7) is 1.86. The van der Waals surface area contributed by atoms with E-state index in [0.717, 1.165) is 5.69 Å². The van der Waals surface area contributed by atoms with E-state index in [0.29, 0.717) is 11.4 Å². The zero-order chi connectivity index (χ0) is 11.5. The van der Waals surface area contributed by atoms with Gasteiger partial charge in [-0.05, 0) is 19.1 Å². The summed E-state index contributed by atoms with van der Waals surface area (Å²) in [5.41, 5.74) is 1.44. The standard InChI is InChI=1S/C12H13N3O/c1-9-8-11(13-2)15(14-9)12(16)10-6-4-3-5-7-10/h3-8,13H,1-2H3. The number of hydrogen-bond acceptors (Lipinski definition) is 3. The predicted octanol–water partition coefficient (Wildman–Crippen LogP) is 1.92. The van der Waals surface area contributed by atoms with Crippen molar-refractivity contribution < 1.29 is 4.79 Å². The summed E-state index contributed by atoms with van der Waals surface area (Å²) in [4.78, 5) is 12.1. The molecule has 0 aliphatic heterocycles. The molecule has 0 aliphatic rings. The molecule has 82 valence electrons. The number of rotatable bonds is 2. The maximum atomic E-state index is 12.1. The van der Waals surface area contributed by atoms with Crippen LogP contribution in [-0.2, 0) is 0 Å². The second kappa shape index (κ2) is 4.18. The molecule has 2 aromatic rings. The Morgan fingerprint density at radius 1 is 1.31 bits per heavy atom. The van der Waals surface area contributed by atoms with E-state index in [9.17, 15) is 4.79 Å². The van der Waals surface area contributed by atoms with Crippen LogP contribution < -0.4 is 5.32 Å². The molecule has 0 spiro atoms. The van der Waals surface area contributed by atoms with E-state index in [4.69, 9.17) is 0 Å². The number of nitrogens with one attached hydrogen (secondary N) is 1. The Kier molecular flexibility index (Phi) is 2.72. The average molecular weight is 215 g/mol. The van der Waals surface area contributed by atoms with Crippen molar-refractivity contribution in [3.8, 4) is 0 Å². The average Bonchev–Trinajstić information content (AvgIpc) is 2.70. The van der Waals surface area contributed by atoms with Crippen LogP contribution in [-0.4, -0.2) is 22.7 Å². The molecule has 1 aromatic heterocycles. The molecular weight excluding hydrogens is 202 g/mol. The number of hydrogen-bond donors (Lipinski definition) is 1. The Bertz CT molecular complexity index is 502. The first kappa shape index (κ1) is 10.4. The fraction of sp³-hybridized carbons (Fsp3) is 0.167. The van der Waals surface area contributed by atoms with Gasteiger partial charge in [0, 0.05) is 18.7 Å². The Labute approximate surface area is 93.9 Å². The Hall–Kier alpha value is -2.10. The van der Waals surface area contributed by atoms with Crippen molar-refractivity contribution >= 4 is 11.7 Å². The van der Waals surface area contributed by atoms with E-state index in [-0.39, 0.29) is 5.91 Å². The number of aromatic nitrogens is 2. The number of nitrogens with zero attached hydrogens (tertiary/aromatic N) is 2. The Balaban J connectivity index is 2.41. The highest BCUT2D eigenvalue weighted by Crippen LogP contribution is 2.12. The largest absolute Gasteiger partial charge is 0.373 e. The molecule has 16 heavy (non-hydrogen) atoms. The lowest BCUT2D eigenvalue weighted by atomic mass is 10.2. The second-order valence-corrected chi connectivity index (χ2v) is 3.50. The monoisotopic (exact) mass is 215 g/mol. The molecule has 0 radical (unpaired) electrons. The lowest BCUT2D eigenvalue weighted by molar-refractivity contribution is 0.0947. The van der Waals surface area contributed by atoms with Crippen LogP contribution >= 0.6 is 0 Å². The summed E-state index contributed by atoms with van der Waals surface area (Å²) in [5, 5.41) is 7.11. The first-order valence-corrected chi connectivity index (χ1v) is 5.06. The van der Waals surface area contributed by atoms with Crippen molar-refractivity contribution in [2.45, 2.75) is 6.92 Å². The number of anilines is 1. The smallest absolute Gasteiger partial charge is 0.280 e. The molecular formula is C12H13N3O. The fourth-order valence-corrected chi connectivity index (χ4v) is 1.54. The summed E-state index contributed by atoms with van der Waals surface area (Å²) in [6, 6.07) is 10.9. The first-order valence-electron chi connectivity index (χ1n) is 5.06. The summed E-state index contributed by atoms with van der Waals surface area (Å²) < 4.78 is 1.38. The molecule has 0 saturated carbocycles. The third kappa shape index (κ3) is 1.82. The van der Waals surface area contributed by atoms with Crippen molar-refractivity contribution in [2.75, 3.05) is 12.4 Å². The lowest BCUT2D eigenvalue weighted by Gasteiger charge is -2.04. The van der Waals surface area contributed by atoms with E-state index in [1.165, 1.54) is 4.68 Å². The molecule has 0 saturated heterocycles. The van der Waals surface area contributed by atoms with Crippen LogP contribution in [0.4, 0.5) is 5.82 Å². The number of carbonyl (C=O) groups is 1. The van der Waals surface area contributed by atoms with Gasteiger partial charge >= 0.3 is 0 Å². The van der Waals surface area contributed by atoms with Gasteiger partial charge in [-0.3, -0.25) is 4.79 Å².